The van der Waals surface area contributed by atoms with Crippen molar-refractivity contribution in [2.75, 3.05) is 26.2 Å². The third-order valence-electron chi connectivity index (χ3n) is 4.38. The normalized spacial score (nSPS) is 18.5. The van der Waals surface area contributed by atoms with Gasteiger partial charge in [0.05, 0.1) is 6.10 Å². The summed E-state index contributed by atoms with van der Waals surface area (Å²) >= 11 is 6.01. The summed E-state index contributed by atoms with van der Waals surface area (Å²) in [6.45, 7) is 7.99. The molecule has 1 aliphatic rings. The van der Waals surface area contributed by atoms with Gasteiger partial charge in [0.25, 0.3) is 0 Å². The number of aliphatic hydroxyl groups is 1. The number of halogens is 1. The lowest BCUT2D eigenvalue weighted by atomic mass is 9.99. The van der Waals surface area contributed by atoms with Gasteiger partial charge in [0, 0.05) is 30.2 Å². The summed E-state index contributed by atoms with van der Waals surface area (Å²) < 4.78 is 0. The Morgan fingerprint density at radius 3 is 2.73 bits per heavy atom. The largest absolute Gasteiger partial charge is 0.507 e. The van der Waals surface area contributed by atoms with Crippen molar-refractivity contribution in [3.63, 3.8) is 0 Å². The number of β-amino-alcohol motifs (C(OH)–C–C–N with tert-alkyl or cyclic N) is 1. The van der Waals surface area contributed by atoms with Crippen LogP contribution in [0.4, 0.5) is 0 Å². The van der Waals surface area contributed by atoms with Gasteiger partial charge in [-0.25, -0.2) is 0 Å². The highest BCUT2D eigenvalue weighted by Gasteiger charge is 2.18. The van der Waals surface area contributed by atoms with Crippen molar-refractivity contribution in [2.24, 2.45) is 5.92 Å². The first-order valence-corrected chi connectivity index (χ1v) is 8.42. The number of nitrogens with zero attached hydrogens (tertiary/aromatic N) is 1. The summed E-state index contributed by atoms with van der Waals surface area (Å²) in [5.74, 6) is 1.08. The monoisotopic (exact) mass is 326 g/mol. The Bertz CT molecular complexity index is 488. The first kappa shape index (κ1) is 17.5. The summed E-state index contributed by atoms with van der Waals surface area (Å²) in [6.07, 6.45) is 2.04. The van der Waals surface area contributed by atoms with Gasteiger partial charge in [0.1, 0.15) is 5.75 Å². The van der Waals surface area contributed by atoms with E-state index in [9.17, 15) is 10.2 Å². The number of hydrogen-bond donors (Lipinski definition) is 3. The number of aryl methyl sites for hydroxylation is 1. The lowest BCUT2D eigenvalue weighted by molar-refractivity contribution is 0.0906. The van der Waals surface area contributed by atoms with Crippen LogP contribution in [-0.4, -0.2) is 47.4 Å². The Hall–Kier alpha value is -0.810. The van der Waals surface area contributed by atoms with Crippen molar-refractivity contribution >= 4 is 11.6 Å². The van der Waals surface area contributed by atoms with E-state index in [-0.39, 0.29) is 5.75 Å². The molecule has 5 heteroatoms. The van der Waals surface area contributed by atoms with Crippen molar-refractivity contribution in [2.45, 2.75) is 39.3 Å². The molecule has 0 aliphatic carbocycles. The Balaban J connectivity index is 1.74. The highest BCUT2D eigenvalue weighted by molar-refractivity contribution is 6.30. The maximum absolute atomic E-state index is 10.1. The topological polar surface area (TPSA) is 55.7 Å². The second kappa shape index (κ2) is 8.16. The van der Waals surface area contributed by atoms with Crippen molar-refractivity contribution in [3.05, 3.63) is 28.3 Å². The van der Waals surface area contributed by atoms with Crippen molar-refractivity contribution in [1.29, 1.82) is 0 Å². The molecule has 0 bridgehead atoms. The number of benzene rings is 1. The predicted molar refractivity (Wildman–Crippen MR) is 90.4 cm³/mol. The van der Waals surface area contributed by atoms with Gasteiger partial charge in [-0.1, -0.05) is 18.5 Å². The molecule has 2 rings (SSSR count). The fourth-order valence-electron chi connectivity index (χ4n) is 2.92. The van der Waals surface area contributed by atoms with Crippen LogP contribution in [0.2, 0.25) is 5.02 Å². The number of rotatable bonds is 6. The standard InChI is InChI=1S/C17H27ClN2O2/c1-12-3-5-20(6-4-12)11-16(21)10-19-9-14-8-15(18)7-13(2)17(14)22/h7-8,12,16,19,21-22H,3-6,9-11H2,1-2H3. The van der Waals surface area contributed by atoms with Crippen LogP contribution in [0.3, 0.4) is 0 Å². The molecule has 0 spiro atoms. The van der Waals surface area contributed by atoms with Crippen LogP contribution in [-0.2, 0) is 6.54 Å². The van der Waals surface area contributed by atoms with Crippen LogP contribution in [0, 0.1) is 12.8 Å². The van der Waals surface area contributed by atoms with Crippen LogP contribution in [0.15, 0.2) is 12.1 Å². The number of nitrogens with one attached hydrogen (secondary N) is 1. The van der Waals surface area contributed by atoms with E-state index in [0.29, 0.717) is 24.7 Å². The first-order valence-electron chi connectivity index (χ1n) is 8.05. The van der Waals surface area contributed by atoms with E-state index >= 15 is 0 Å². The molecular weight excluding hydrogens is 300 g/mol. The Labute approximate surface area is 138 Å². The first-order chi connectivity index (χ1) is 10.5. The predicted octanol–water partition coefficient (Wildman–Crippen LogP) is 2.54. The summed E-state index contributed by atoms with van der Waals surface area (Å²) in [7, 11) is 0. The molecule has 1 atom stereocenters. The van der Waals surface area contributed by atoms with E-state index in [0.717, 1.165) is 30.1 Å². The molecule has 0 amide bonds. The maximum atomic E-state index is 10.1. The highest BCUT2D eigenvalue weighted by Crippen LogP contribution is 2.26. The maximum Gasteiger partial charge on any atom is 0.123 e. The zero-order valence-corrected chi connectivity index (χ0v) is 14.2. The number of hydrogen-bond acceptors (Lipinski definition) is 4. The third kappa shape index (κ3) is 5.13. The Morgan fingerprint density at radius 2 is 2.05 bits per heavy atom. The number of aromatic hydroxyl groups is 1. The fraction of sp³-hybridized carbons (Fsp3) is 0.647. The minimum atomic E-state index is -0.393. The minimum absolute atomic E-state index is 0.274. The summed E-state index contributed by atoms with van der Waals surface area (Å²) in [4.78, 5) is 2.33. The van der Waals surface area contributed by atoms with Gasteiger partial charge in [-0.3, -0.25) is 0 Å². The van der Waals surface area contributed by atoms with Crippen LogP contribution in [0.5, 0.6) is 5.75 Å². The average Bonchev–Trinajstić information content (AvgIpc) is 2.46. The number of phenolic OH excluding ortho intramolecular Hbond substituents is 1. The third-order valence-corrected chi connectivity index (χ3v) is 4.60. The van der Waals surface area contributed by atoms with E-state index < -0.39 is 6.10 Å². The summed E-state index contributed by atoms with van der Waals surface area (Å²) in [5, 5.41) is 24.0. The molecule has 1 unspecified atom stereocenters. The number of phenols is 1. The van der Waals surface area contributed by atoms with Crippen LogP contribution >= 0.6 is 11.6 Å². The van der Waals surface area contributed by atoms with Gasteiger partial charge in [-0.05, 0) is 56.5 Å². The molecule has 22 heavy (non-hydrogen) atoms. The molecule has 3 N–H and O–H groups in total. The summed E-state index contributed by atoms with van der Waals surface area (Å²) in [6, 6.07) is 3.50. The molecule has 0 aromatic heterocycles. The molecule has 1 saturated heterocycles. The van der Waals surface area contributed by atoms with E-state index in [1.165, 1.54) is 12.8 Å². The number of piperidine rings is 1. The molecule has 0 radical (unpaired) electrons. The quantitative estimate of drug-likeness (QED) is 0.752. The van der Waals surface area contributed by atoms with E-state index in [4.69, 9.17) is 11.6 Å². The SMILES string of the molecule is Cc1cc(Cl)cc(CNCC(O)CN2CCC(C)CC2)c1O. The zero-order valence-electron chi connectivity index (χ0n) is 13.5. The van der Waals surface area contributed by atoms with Gasteiger partial charge >= 0.3 is 0 Å². The average molecular weight is 327 g/mol. The molecule has 1 heterocycles. The molecule has 1 aliphatic heterocycles. The molecule has 1 aromatic carbocycles. The van der Waals surface area contributed by atoms with E-state index in [1.54, 1.807) is 12.1 Å². The molecule has 0 saturated carbocycles. The molecule has 124 valence electrons. The lowest BCUT2D eigenvalue weighted by Gasteiger charge is -2.31. The van der Waals surface area contributed by atoms with Crippen molar-refractivity contribution in [1.82, 2.24) is 10.2 Å². The fourth-order valence-corrected chi connectivity index (χ4v) is 3.22. The second-order valence-corrected chi connectivity index (χ2v) is 6.93. The zero-order chi connectivity index (χ0) is 16.1. The summed E-state index contributed by atoms with van der Waals surface area (Å²) in [5.41, 5.74) is 1.54. The van der Waals surface area contributed by atoms with Crippen LogP contribution in [0.1, 0.15) is 30.9 Å². The van der Waals surface area contributed by atoms with Gasteiger partial charge in [0.2, 0.25) is 0 Å². The second-order valence-electron chi connectivity index (χ2n) is 6.50. The molecule has 4 nitrogen and oxygen atoms in total. The van der Waals surface area contributed by atoms with Crippen molar-refractivity contribution < 1.29 is 10.2 Å². The van der Waals surface area contributed by atoms with Gasteiger partial charge in [0.15, 0.2) is 0 Å². The molecule has 1 fully saturated rings. The molecule has 1 aromatic rings. The van der Waals surface area contributed by atoms with E-state index in [2.05, 4.69) is 17.1 Å². The van der Waals surface area contributed by atoms with Crippen molar-refractivity contribution in [3.8, 4) is 5.75 Å². The Morgan fingerprint density at radius 1 is 1.36 bits per heavy atom. The minimum Gasteiger partial charge on any atom is -0.507 e. The van der Waals surface area contributed by atoms with Gasteiger partial charge in [-0.15, -0.1) is 0 Å². The number of likely N-dealkylation sites (tertiary alicyclic amines) is 1. The van der Waals surface area contributed by atoms with E-state index in [1.807, 2.05) is 6.92 Å². The van der Waals surface area contributed by atoms with Crippen LogP contribution < -0.4 is 5.32 Å². The van der Waals surface area contributed by atoms with Gasteiger partial charge < -0.3 is 20.4 Å². The molecular formula is C17H27ClN2O2. The van der Waals surface area contributed by atoms with Gasteiger partial charge in [-0.2, -0.15) is 0 Å². The van der Waals surface area contributed by atoms with Crippen LogP contribution in [0.25, 0.3) is 0 Å². The Kier molecular flexibility index (Phi) is 6.50. The smallest absolute Gasteiger partial charge is 0.123 e. The lowest BCUT2D eigenvalue weighted by Crippen LogP contribution is -2.41. The highest BCUT2D eigenvalue weighted by atomic mass is 35.5. The number of aliphatic hydroxyl groups excluding tert-OH is 1.